The third-order valence-corrected chi connectivity index (χ3v) is 5.01. The fraction of sp³-hybridized carbons (Fsp3) is 0.286. The number of rotatable bonds is 7. The van der Waals surface area contributed by atoms with Crippen LogP contribution in [0.3, 0.4) is 0 Å². The zero-order chi connectivity index (χ0) is 20.1. The highest BCUT2D eigenvalue weighted by Crippen LogP contribution is 2.28. The van der Waals surface area contributed by atoms with Crippen molar-refractivity contribution in [2.75, 3.05) is 17.2 Å². The third-order valence-electron chi connectivity index (χ3n) is 4.36. The topological polar surface area (TPSA) is 83.0 Å². The highest BCUT2D eigenvalue weighted by Gasteiger charge is 2.15. The molecule has 0 radical (unpaired) electrons. The largest absolute Gasteiger partial charge is 0.394 e. The van der Waals surface area contributed by atoms with Crippen LogP contribution in [0.1, 0.15) is 19.4 Å². The summed E-state index contributed by atoms with van der Waals surface area (Å²) in [6.45, 7) is 6.13. The summed E-state index contributed by atoms with van der Waals surface area (Å²) in [6.07, 6.45) is 1.73. The molecule has 0 bridgehead atoms. The summed E-state index contributed by atoms with van der Waals surface area (Å²) in [4.78, 5) is 13.6. The Balaban J connectivity index is 1.99. The number of aliphatic hydroxyl groups is 1. The van der Waals surface area contributed by atoms with E-state index in [0.29, 0.717) is 17.5 Å². The van der Waals surface area contributed by atoms with E-state index in [2.05, 4.69) is 41.5 Å². The maximum atomic E-state index is 9.66. The second-order valence-corrected chi connectivity index (χ2v) is 7.82. The predicted octanol–water partition coefficient (Wildman–Crippen LogP) is 4.78. The van der Waals surface area contributed by atoms with Gasteiger partial charge in [0.25, 0.3) is 0 Å². The minimum Gasteiger partial charge on any atom is -0.394 e. The average Bonchev–Trinajstić information content (AvgIpc) is 2.68. The number of benzene rings is 1. The molecule has 3 N–H and O–H groups in total. The van der Waals surface area contributed by atoms with Gasteiger partial charge in [0.05, 0.1) is 29.7 Å². The highest BCUT2D eigenvalue weighted by molar-refractivity contribution is 9.10. The first kappa shape index (κ1) is 20.2. The minimum absolute atomic E-state index is 0.00110. The van der Waals surface area contributed by atoms with Crippen molar-refractivity contribution in [3.8, 4) is 11.4 Å². The van der Waals surface area contributed by atoms with Gasteiger partial charge in [-0.1, -0.05) is 26.0 Å². The van der Waals surface area contributed by atoms with E-state index in [9.17, 15) is 5.11 Å². The Kier molecular flexibility index (Phi) is 6.59. The first-order valence-corrected chi connectivity index (χ1v) is 9.96. The molecule has 0 aliphatic carbocycles. The fourth-order valence-corrected chi connectivity index (χ4v) is 3.26. The molecule has 0 saturated heterocycles. The molecule has 0 unspecified atom stereocenters. The molecule has 0 aliphatic heterocycles. The normalized spacial score (nSPS) is 12.1. The standard InChI is InChI=1S/C21H24BrN5O/c1-13(2)19(12-28)26-21-25-18(17-6-4-5-9-23-17)11-20(27-21)24-16-8-7-14(3)10-15(16)22/h4-11,13,19,28H,12H2,1-3H3,(H2,24,25,26,27)/t19-/m0/s1. The maximum absolute atomic E-state index is 9.66. The van der Waals surface area contributed by atoms with Crippen molar-refractivity contribution >= 4 is 33.4 Å². The van der Waals surface area contributed by atoms with Crippen molar-refractivity contribution in [2.24, 2.45) is 5.92 Å². The molecule has 6 nitrogen and oxygen atoms in total. The lowest BCUT2D eigenvalue weighted by Gasteiger charge is -2.20. The van der Waals surface area contributed by atoms with Gasteiger partial charge in [-0.25, -0.2) is 4.98 Å². The Labute approximate surface area is 173 Å². The SMILES string of the molecule is Cc1ccc(Nc2cc(-c3ccccn3)nc(N[C@@H](CO)C(C)C)n2)c(Br)c1. The summed E-state index contributed by atoms with van der Waals surface area (Å²) in [5, 5.41) is 16.2. The first-order chi connectivity index (χ1) is 13.5. The molecule has 0 spiro atoms. The van der Waals surface area contributed by atoms with Crippen LogP contribution in [0.4, 0.5) is 17.5 Å². The Bertz CT molecular complexity index is 933. The number of aromatic nitrogens is 3. The van der Waals surface area contributed by atoms with Crippen LogP contribution in [-0.4, -0.2) is 32.7 Å². The van der Waals surface area contributed by atoms with Crippen molar-refractivity contribution in [3.63, 3.8) is 0 Å². The van der Waals surface area contributed by atoms with Crippen molar-refractivity contribution in [1.82, 2.24) is 15.0 Å². The van der Waals surface area contributed by atoms with Crippen LogP contribution < -0.4 is 10.6 Å². The van der Waals surface area contributed by atoms with Crippen LogP contribution in [-0.2, 0) is 0 Å². The van der Waals surface area contributed by atoms with Gasteiger partial charge >= 0.3 is 0 Å². The molecule has 2 heterocycles. The third kappa shape index (κ3) is 5.05. The Morgan fingerprint density at radius 2 is 1.89 bits per heavy atom. The summed E-state index contributed by atoms with van der Waals surface area (Å²) in [5.41, 5.74) is 3.53. The Morgan fingerprint density at radius 3 is 2.54 bits per heavy atom. The zero-order valence-corrected chi connectivity index (χ0v) is 17.7. The van der Waals surface area contributed by atoms with E-state index < -0.39 is 0 Å². The van der Waals surface area contributed by atoms with Crippen LogP contribution in [0.25, 0.3) is 11.4 Å². The lowest BCUT2D eigenvalue weighted by Crippen LogP contribution is -2.30. The van der Waals surface area contributed by atoms with E-state index in [1.165, 1.54) is 5.56 Å². The first-order valence-electron chi connectivity index (χ1n) is 9.17. The Morgan fingerprint density at radius 1 is 1.07 bits per heavy atom. The number of aliphatic hydroxyl groups excluding tert-OH is 1. The molecule has 0 aliphatic rings. The van der Waals surface area contributed by atoms with Crippen LogP contribution in [0.2, 0.25) is 0 Å². The molecule has 0 amide bonds. The smallest absolute Gasteiger partial charge is 0.225 e. The minimum atomic E-state index is -0.141. The second kappa shape index (κ2) is 9.12. The van der Waals surface area contributed by atoms with Gasteiger partial charge in [0, 0.05) is 16.7 Å². The number of aryl methyl sites for hydroxylation is 1. The van der Waals surface area contributed by atoms with Gasteiger partial charge in [0.15, 0.2) is 0 Å². The van der Waals surface area contributed by atoms with Crippen LogP contribution in [0.15, 0.2) is 53.1 Å². The van der Waals surface area contributed by atoms with Crippen molar-refractivity contribution in [2.45, 2.75) is 26.8 Å². The summed E-state index contributed by atoms with van der Waals surface area (Å²) in [5.74, 6) is 1.32. The summed E-state index contributed by atoms with van der Waals surface area (Å²) in [7, 11) is 0. The van der Waals surface area contributed by atoms with Gasteiger partial charge in [0.1, 0.15) is 5.82 Å². The van der Waals surface area contributed by atoms with Gasteiger partial charge in [-0.3, -0.25) is 4.98 Å². The zero-order valence-electron chi connectivity index (χ0n) is 16.1. The van der Waals surface area contributed by atoms with Crippen LogP contribution in [0.5, 0.6) is 0 Å². The molecule has 1 aromatic carbocycles. The van der Waals surface area contributed by atoms with Crippen LogP contribution >= 0.6 is 15.9 Å². The quantitative estimate of drug-likeness (QED) is 0.489. The lowest BCUT2D eigenvalue weighted by molar-refractivity contribution is 0.248. The van der Waals surface area contributed by atoms with Crippen molar-refractivity contribution in [1.29, 1.82) is 0 Å². The van der Waals surface area contributed by atoms with Gasteiger partial charge in [-0.2, -0.15) is 4.98 Å². The number of anilines is 3. The number of hydrogen-bond acceptors (Lipinski definition) is 6. The maximum Gasteiger partial charge on any atom is 0.225 e. The summed E-state index contributed by atoms with van der Waals surface area (Å²) in [6, 6.07) is 13.5. The molecule has 0 fully saturated rings. The lowest BCUT2D eigenvalue weighted by atomic mass is 10.1. The van der Waals surface area contributed by atoms with Gasteiger partial charge in [0.2, 0.25) is 5.95 Å². The number of hydrogen-bond donors (Lipinski definition) is 3. The van der Waals surface area contributed by atoms with E-state index in [4.69, 9.17) is 0 Å². The number of nitrogens with zero attached hydrogens (tertiary/aromatic N) is 3. The fourth-order valence-electron chi connectivity index (χ4n) is 2.67. The predicted molar refractivity (Wildman–Crippen MR) is 117 cm³/mol. The molecule has 146 valence electrons. The summed E-state index contributed by atoms with van der Waals surface area (Å²) < 4.78 is 0.954. The van der Waals surface area contributed by atoms with E-state index in [0.717, 1.165) is 15.9 Å². The van der Waals surface area contributed by atoms with E-state index in [1.807, 2.05) is 63.2 Å². The molecule has 3 rings (SSSR count). The number of nitrogens with one attached hydrogen (secondary N) is 2. The molecule has 28 heavy (non-hydrogen) atoms. The molecular weight excluding hydrogens is 418 g/mol. The molecule has 0 saturated carbocycles. The van der Waals surface area contributed by atoms with Crippen molar-refractivity contribution < 1.29 is 5.11 Å². The number of halogens is 1. The Hall–Kier alpha value is -2.51. The van der Waals surface area contributed by atoms with E-state index in [1.54, 1.807) is 6.20 Å². The molecule has 1 atom stereocenters. The van der Waals surface area contributed by atoms with E-state index >= 15 is 0 Å². The average molecular weight is 442 g/mol. The molecule has 7 heteroatoms. The highest BCUT2D eigenvalue weighted by atomic mass is 79.9. The van der Waals surface area contributed by atoms with Crippen LogP contribution in [0, 0.1) is 12.8 Å². The van der Waals surface area contributed by atoms with E-state index in [-0.39, 0.29) is 18.6 Å². The summed E-state index contributed by atoms with van der Waals surface area (Å²) >= 11 is 3.59. The van der Waals surface area contributed by atoms with Gasteiger partial charge < -0.3 is 15.7 Å². The number of pyridine rings is 1. The van der Waals surface area contributed by atoms with Gasteiger partial charge in [-0.05, 0) is 58.6 Å². The molecule has 2 aromatic heterocycles. The molecule has 3 aromatic rings. The second-order valence-electron chi connectivity index (χ2n) is 6.96. The van der Waals surface area contributed by atoms with Crippen molar-refractivity contribution in [3.05, 3.63) is 58.7 Å². The van der Waals surface area contributed by atoms with Gasteiger partial charge in [-0.15, -0.1) is 0 Å². The molecular formula is C21H24BrN5O. The monoisotopic (exact) mass is 441 g/mol.